The molecule has 0 N–H and O–H groups in total. The lowest BCUT2D eigenvalue weighted by molar-refractivity contribution is 0.260. The van der Waals surface area contributed by atoms with Crippen molar-refractivity contribution >= 4 is 11.8 Å². The number of aryl methyl sites for hydroxylation is 1. The highest BCUT2D eigenvalue weighted by molar-refractivity contribution is 5.46. The van der Waals surface area contributed by atoms with Crippen LogP contribution in [-0.4, -0.2) is 60.7 Å². The molecule has 0 saturated carbocycles. The Kier molecular flexibility index (Phi) is 5.34. The second kappa shape index (κ2) is 8.04. The van der Waals surface area contributed by atoms with Gasteiger partial charge in [-0.1, -0.05) is 30.3 Å². The number of benzene rings is 1. The Hall–Kier alpha value is -2.14. The molecule has 2 aliphatic heterocycles. The Morgan fingerprint density at radius 3 is 2.31 bits per heavy atom. The first-order chi connectivity index (χ1) is 12.8. The molecule has 3 heterocycles. The van der Waals surface area contributed by atoms with E-state index < -0.39 is 0 Å². The minimum Gasteiger partial charge on any atom is -0.354 e. The maximum absolute atomic E-state index is 4.88. The van der Waals surface area contributed by atoms with Gasteiger partial charge in [-0.3, -0.25) is 4.90 Å². The third-order valence-corrected chi connectivity index (χ3v) is 5.47. The summed E-state index contributed by atoms with van der Waals surface area (Å²) in [5.74, 6) is 2.02. The first kappa shape index (κ1) is 17.3. The molecular formula is C21H29N5. The van der Waals surface area contributed by atoms with Crippen LogP contribution in [-0.2, 0) is 6.42 Å². The molecule has 138 valence electrons. The molecule has 0 amide bonds. The summed E-state index contributed by atoms with van der Waals surface area (Å²) in [5, 5.41) is 0. The van der Waals surface area contributed by atoms with E-state index in [1.54, 1.807) is 0 Å². The fourth-order valence-corrected chi connectivity index (χ4v) is 3.89. The average Bonchev–Trinajstić information content (AvgIpc) is 3.22. The van der Waals surface area contributed by atoms with E-state index in [1.165, 1.54) is 18.4 Å². The van der Waals surface area contributed by atoms with Crippen molar-refractivity contribution in [1.29, 1.82) is 0 Å². The number of nitrogens with zero attached hydrogens (tertiary/aromatic N) is 5. The SMILES string of the molecule is Cc1cc(N2CCN(CCc3ccccc3)CC2)nc(N2CCCC2)n1. The standard InChI is InChI=1S/C21H29N5/c1-18-17-20(23-21(22-18)26-10-5-6-11-26)25-15-13-24(14-16-25)12-9-19-7-3-2-4-8-19/h2-4,7-8,17H,5-6,9-16H2,1H3. The molecule has 0 unspecified atom stereocenters. The van der Waals surface area contributed by atoms with Crippen molar-refractivity contribution in [3.63, 3.8) is 0 Å². The zero-order valence-electron chi connectivity index (χ0n) is 15.8. The number of hydrogen-bond acceptors (Lipinski definition) is 5. The third kappa shape index (κ3) is 4.15. The van der Waals surface area contributed by atoms with E-state index in [4.69, 9.17) is 4.98 Å². The van der Waals surface area contributed by atoms with E-state index in [9.17, 15) is 0 Å². The van der Waals surface area contributed by atoms with Crippen LogP contribution in [0.4, 0.5) is 11.8 Å². The van der Waals surface area contributed by atoms with Crippen molar-refractivity contribution in [2.75, 3.05) is 55.6 Å². The normalized spacial score (nSPS) is 18.5. The van der Waals surface area contributed by atoms with Gasteiger partial charge in [-0.25, -0.2) is 4.98 Å². The highest BCUT2D eigenvalue weighted by Gasteiger charge is 2.21. The molecule has 2 saturated heterocycles. The van der Waals surface area contributed by atoms with Crippen molar-refractivity contribution < 1.29 is 0 Å². The molecule has 0 radical (unpaired) electrons. The average molecular weight is 351 g/mol. The van der Waals surface area contributed by atoms with Crippen LogP contribution in [0.15, 0.2) is 36.4 Å². The van der Waals surface area contributed by atoms with Crippen molar-refractivity contribution in [3.05, 3.63) is 47.7 Å². The maximum Gasteiger partial charge on any atom is 0.227 e. The van der Waals surface area contributed by atoms with Crippen LogP contribution < -0.4 is 9.80 Å². The van der Waals surface area contributed by atoms with E-state index in [-0.39, 0.29) is 0 Å². The predicted molar refractivity (Wildman–Crippen MR) is 107 cm³/mol. The van der Waals surface area contributed by atoms with Crippen LogP contribution >= 0.6 is 0 Å². The number of hydrogen-bond donors (Lipinski definition) is 0. The highest BCUT2D eigenvalue weighted by atomic mass is 15.3. The van der Waals surface area contributed by atoms with Gasteiger partial charge in [0, 0.05) is 57.6 Å². The molecule has 4 rings (SSSR count). The summed E-state index contributed by atoms with van der Waals surface area (Å²) >= 11 is 0. The Bertz CT molecular complexity index is 704. The van der Waals surface area contributed by atoms with E-state index in [0.29, 0.717) is 0 Å². The zero-order chi connectivity index (χ0) is 17.8. The second-order valence-corrected chi connectivity index (χ2v) is 7.43. The third-order valence-electron chi connectivity index (χ3n) is 5.47. The summed E-state index contributed by atoms with van der Waals surface area (Å²) in [6.07, 6.45) is 3.64. The fraction of sp³-hybridized carbons (Fsp3) is 0.524. The summed E-state index contributed by atoms with van der Waals surface area (Å²) in [4.78, 5) is 16.9. The van der Waals surface area contributed by atoms with Crippen molar-refractivity contribution in [1.82, 2.24) is 14.9 Å². The molecule has 0 spiro atoms. The molecule has 2 fully saturated rings. The predicted octanol–water partition coefficient (Wildman–Crippen LogP) is 2.75. The van der Waals surface area contributed by atoms with Gasteiger partial charge in [0.1, 0.15) is 5.82 Å². The zero-order valence-corrected chi connectivity index (χ0v) is 15.8. The van der Waals surface area contributed by atoms with Gasteiger partial charge in [0.05, 0.1) is 0 Å². The number of rotatable bonds is 5. The Morgan fingerprint density at radius 2 is 1.58 bits per heavy atom. The molecule has 0 bridgehead atoms. The summed E-state index contributed by atoms with van der Waals surface area (Å²) in [5.41, 5.74) is 2.50. The van der Waals surface area contributed by atoms with Crippen molar-refractivity contribution in [2.45, 2.75) is 26.2 Å². The van der Waals surface area contributed by atoms with Gasteiger partial charge < -0.3 is 9.80 Å². The van der Waals surface area contributed by atoms with Crippen molar-refractivity contribution in [2.24, 2.45) is 0 Å². The fourth-order valence-electron chi connectivity index (χ4n) is 3.89. The lowest BCUT2D eigenvalue weighted by Gasteiger charge is -2.35. The maximum atomic E-state index is 4.88. The molecule has 5 nitrogen and oxygen atoms in total. The smallest absolute Gasteiger partial charge is 0.227 e. The number of anilines is 2. The van der Waals surface area contributed by atoms with E-state index >= 15 is 0 Å². The number of piperazine rings is 1. The van der Waals surface area contributed by atoms with Gasteiger partial charge in [-0.15, -0.1) is 0 Å². The molecule has 1 aromatic carbocycles. The Balaban J connectivity index is 1.34. The molecule has 2 aromatic rings. The van der Waals surface area contributed by atoms with Crippen LogP contribution in [0.5, 0.6) is 0 Å². The lowest BCUT2D eigenvalue weighted by Crippen LogP contribution is -2.47. The summed E-state index contributed by atoms with van der Waals surface area (Å²) < 4.78 is 0. The monoisotopic (exact) mass is 351 g/mol. The van der Waals surface area contributed by atoms with E-state index in [1.807, 2.05) is 0 Å². The first-order valence-corrected chi connectivity index (χ1v) is 9.90. The van der Waals surface area contributed by atoms with Gasteiger partial charge in [-0.05, 0) is 31.7 Å². The highest BCUT2D eigenvalue weighted by Crippen LogP contribution is 2.21. The van der Waals surface area contributed by atoms with E-state index in [0.717, 1.165) is 69.7 Å². The minimum absolute atomic E-state index is 0.920. The Morgan fingerprint density at radius 1 is 0.846 bits per heavy atom. The van der Waals surface area contributed by atoms with Crippen molar-refractivity contribution in [3.8, 4) is 0 Å². The van der Waals surface area contributed by atoms with Gasteiger partial charge in [0.15, 0.2) is 0 Å². The summed E-state index contributed by atoms with van der Waals surface area (Å²) in [7, 11) is 0. The molecule has 2 aliphatic rings. The lowest BCUT2D eigenvalue weighted by atomic mass is 10.1. The quantitative estimate of drug-likeness (QED) is 0.828. The Labute approximate surface area is 156 Å². The largest absolute Gasteiger partial charge is 0.354 e. The molecule has 26 heavy (non-hydrogen) atoms. The van der Waals surface area contributed by atoms with Crippen LogP contribution in [0.25, 0.3) is 0 Å². The molecule has 0 atom stereocenters. The second-order valence-electron chi connectivity index (χ2n) is 7.43. The van der Waals surface area contributed by atoms with E-state index in [2.05, 4.69) is 63.0 Å². The summed E-state index contributed by atoms with van der Waals surface area (Å²) in [6, 6.07) is 12.9. The van der Waals surface area contributed by atoms with Gasteiger partial charge in [0.2, 0.25) is 5.95 Å². The topological polar surface area (TPSA) is 35.5 Å². The molecular weight excluding hydrogens is 322 g/mol. The molecule has 1 aromatic heterocycles. The number of aromatic nitrogens is 2. The van der Waals surface area contributed by atoms with Crippen LogP contribution in [0.3, 0.4) is 0 Å². The first-order valence-electron chi connectivity index (χ1n) is 9.90. The molecule has 0 aliphatic carbocycles. The van der Waals surface area contributed by atoms with Crippen LogP contribution in [0, 0.1) is 6.92 Å². The summed E-state index contributed by atoms with van der Waals surface area (Å²) in [6.45, 7) is 9.71. The van der Waals surface area contributed by atoms with Gasteiger partial charge >= 0.3 is 0 Å². The minimum atomic E-state index is 0.920. The van der Waals surface area contributed by atoms with Gasteiger partial charge in [0.25, 0.3) is 0 Å². The van der Waals surface area contributed by atoms with Crippen LogP contribution in [0.2, 0.25) is 0 Å². The molecule has 5 heteroatoms. The van der Waals surface area contributed by atoms with Gasteiger partial charge in [-0.2, -0.15) is 4.98 Å². The van der Waals surface area contributed by atoms with Crippen LogP contribution in [0.1, 0.15) is 24.1 Å².